The normalized spacial score (nSPS) is 29.7. The molecule has 0 radical (unpaired) electrons. The molecular formula is C14H19NO2. The Kier molecular flexibility index (Phi) is 2.16. The minimum atomic E-state index is 0.0111. The third-order valence-electron chi connectivity index (χ3n) is 4.07. The molecule has 1 N–H and O–H groups in total. The maximum absolute atomic E-state index is 9.22. The van der Waals surface area contributed by atoms with E-state index in [0.717, 1.165) is 42.1 Å². The Bertz CT molecular complexity index is 479. The molecular weight excluding hydrogens is 214 g/mol. The van der Waals surface area contributed by atoms with Gasteiger partial charge in [0.2, 0.25) is 0 Å². The summed E-state index contributed by atoms with van der Waals surface area (Å²) in [5, 5.41) is 12.7. The molecule has 2 aliphatic rings. The number of furan rings is 1. The minimum absolute atomic E-state index is 0.0111. The number of rotatable bonds is 0. The molecule has 0 saturated heterocycles. The molecule has 2 unspecified atom stereocenters. The smallest absolute Gasteiger partial charge is 0.116 e. The van der Waals surface area contributed by atoms with Crippen LogP contribution in [-0.4, -0.2) is 10.9 Å². The van der Waals surface area contributed by atoms with E-state index in [4.69, 9.17) is 4.42 Å². The molecule has 0 amide bonds. The predicted molar refractivity (Wildman–Crippen MR) is 65.8 cm³/mol. The summed E-state index contributed by atoms with van der Waals surface area (Å²) in [6.45, 7) is 6.43. The molecule has 0 aromatic carbocycles. The Labute approximate surface area is 102 Å². The largest absolute Gasteiger partial charge is 0.465 e. The number of oxime groups is 1. The van der Waals surface area contributed by atoms with Crippen LogP contribution in [0.5, 0.6) is 0 Å². The molecule has 17 heavy (non-hydrogen) atoms. The first kappa shape index (κ1) is 10.9. The van der Waals surface area contributed by atoms with Crippen molar-refractivity contribution >= 4 is 5.71 Å². The van der Waals surface area contributed by atoms with E-state index in [1.807, 2.05) is 0 Å². The number of hydrogen-bond donors (Lipinski definition) is 1. The highest BCUT2D eigenvalue weighted by Crippen LogP contribution is 2.48. The van der Waals surface area contributed by atoms with Crippen molar-refractivity contribution in [1.82, 2.24) is 0 Å². The van der Waals surface area contributed by atoms with Gasteiger partial charge >= 0.3 is 0 Å². The van der Waals surface area contributed by atoms with Crippen LogP contribution in [0.15, 0.2) is 15.6 Å². The zero-order valence-corrected chi connectivity index (χ0v) is 10.7. The van der Waals surface area contributed by atoms with Crippen LogP contribution in [0.25, 0.3) is 0 Å². The van der Waals surface area contributed by atoms with Crippen molar-refractivity contribution in [2.75, 3.05) is 0 Å². The Hall–Kier alpha value is -1.25. The van der Waals surface area contributed by atoms with Crippen molar-refractivity contribution in [3.8, 4) is 0 Å². The number of nitrogens with zero attached hydrogens (tertiary/aromatic N) is 1. The van der Waals surface area contributed by atoms with E-state index in [1.165, 1.54) is 0 Å². The molecule has 92 valence electrons. The highest BCUT2D eigenvalue weighted by molar-refractivity contribution is 6.04. The lowest BCUT2D eigenvalue weighted by atomic mass is 9.85. The Morgan fingerprint density at radius 1 is 1.29 bits per heavy atom. The Balaban J connectivity index is 2.14. The van der Waals surface area contributed by atoms with Crippen LogP contribution < -0.4 is 0 Å². The molecule has 3 nitrogen and oxygen atoms in total. The molecule has 2 aliphatic carbocycles. The summed E-state index contributed by atoms with van der Waals surface area (Å²) < 4.78 is 6.04. The fraction of sp³-hybridized carbons (Fsp3) is 0.643. The van der Waals surface area contributed by atoms with Crippen LogP contribution in [0.3, 0.4) is 0 Å². The van der Waals surface area contributed by atoms with Gasteiger partial charge in [0, 0.05) is 22.8 Å². The summed E-state index contributed by atoms with van der Waals surface area (Å²) in [5.41, 5.74) is 1.90. The van der Waals surface area contributed by atoms with Crippen LogP contribution in [0.1, 0.15) is 63.0 Å². The van der Waals surface area contributed by atoms with E-state index in [0.29, 0.717) is 11.8 Å². The van der Waals surface area contributed by atoms with E-state index < -0.39 is 0 Å². The van der Waals surface area contributed by atoms with Gasteiger partial charge < -0.3 is 9.62 Å². The van der Waals surface area contributed by atoms with Gasteiger partial charge in [0.05, 0.1) is 5.71 Å². The van der Waals surface area contributed by atoms with Gasteiger partial charge in [0.25, 0.3) is 0 Å². The highest BCUT2D eigenvalue weighted by Gasteiger charge is 2.41. The van der Waals surface area contributed by atoms with Gasteiger partial charge in [-0.05, 0) is 25.3 Å². The zero-order chi connectivity index (χ0) is 12.2. The van der Waals surface area contributed by atoms with Crippen LogP contribution in [0.4, 0.5) is 0 Å². The first-order valence-corrected chi connectivity index (χ1v) is 6.37. The lowest BCUT2D eigenvalue weighted by Gasteiger charge is -2.18. The third kappa shape index (κ3) is 1.52. The van der Waals surface area contributed by atoms with Gasteiger partial charge in [0.15, 0.2) is 0 Å². The standard InChI is InChI=1S/C14H19NO2/c1-14(2,3)11-7-10-12(15-16)8-4-5-9(6-8)13(10)17-11/h7-9,16H,4-6H2,1-3H3/b15-12-. The van der Waals surface area contributed by atoms with Crippen molar-refractivity contribution in [2.24, 2.45) is 11.1 Å². The van der Waals surface area contributed by atoms with Crippen LogP contribution >= 0.6 is 0 Å². The number of fused-ring (bicyclic) bond motifs is 4. The molecule has 1 aromatic rings. The van der Waals surface area contributed by atoms with Crippen molar-refractivity contribution in [3.63, 3.8) is 0 Å². The van der Waals surface area contributed by atoms with Crippen molar-refractivity contribution in [3.05, 3.63) is 23.2 Å². The molecule has 1 heterocycles. The predicted octanol–water partition coefficient (Wildman–Crippen LogP) is 3.65. The van der Waals surface area contributed by atoms with Crippen molar-refractivity contribution in [2.45, 2.75) is 51.4 Å². The molecule has 1 saturated carbocycles. The average Bonchev–Trinajstić information content (AvgIpc) is 2.83. The number of hydrogen-bond acceptors (Lipinski definition) is 3. The van der Waals surface area contributed by atoms with Gasteiger partial charge in [0.1, 0.15) is 11.5 Å². The van der Waals surface area contributed by atoms with Crippen LogP contribution in [-0.2, 0) is 5.41 Å². The SMILES string of the molecule is CC(C)(C)c1cc2c(o1)C1CCC(C1)/C2=N/O. The highest BCUT2D eigenvalue weighted by atomic mass is 16.4. The van der Waals surface area contributed by atoms with E-state index in [-0.39, 0.29) is 5.41 Å². The third-order valence-corrected chi connectivity index (χ3v) is 4.07. The lowest BCUT2D eigenvalue weighted by Crippen LogP contribution is -2.18. The van der Waals surface area contributed by atoms with E-state index in [2.05, 4.69) is 32.0 Å². The first-order chi connectivity index (χ1) is 8.00. The fourth-order valence-corrected chi connectivity index (χ4v) is 3.10. The minimum Gasteiger partial charge on any atom is -0.465 e. The summed E-state index contributed by atoms with van der Waals surface area (Å²) in [6, 6.07) is 2.08. The maximum Gasteiger partial charge on any atom is 0.116 e. The van der Waals surface area contributed by atoms with Gasteiger partial charge in [-0.3, -0.25) is 0 Å². The zero-order valence-electron chi connectivity index (χ0n) is 10.7. The molecule has 1 aromatic heterocycles. The molecule has 0 aliphatic heterocycles. The summed E-state index contributed by atoms with van der Waals surface area (Å²) in [6.07, 6.45) is 3.37. The Morgan fingerprint density at radius 2 is 2.00 bits per heavy atom. The van der Waals surface area contributed by atoms with Gasteiger partial charge in [-0.2, -0.15) is 0 Å². The second kappa shape index (κ2) is 3.37. The van der Waals surface area contributed by atoms with E-state index in [9.17, 15) is 5.21 Å². The monoisotopic (exact) mass is 233 g/mol. The van der Waals surface area contributed by atoms with Crippen LogP contribution in [0.2, 0.25) is 0 Å². The molecule has 2 bridgehead atoms. The van der Waals surface area contributed by atoms with Gasteiger partial charge in [-0.1, -0.05) is 25.9 Å². The molecule has 3 rings (SSSR count). The molecule has 0 spiro atoms. The summed E-state index contributed by atoms with van der Waals surface area (Å²) in [5.74, 6) is 3.02. The van der Waals surface area contributed by atoms with Crippen molar-refractivity contribution < 1.29 is 9.62 Å². The summed E-state index contributed by atoms with van der Waals surface area (Å²) >= 11 is 0. The average molecular weight is 233 g/mol. The van der Waals surface area contributed by atoms with Crippen LogP contribution in [0, 0.1) is 5.92 Å². The molecule has 2 atom stereocenters. The topological polar surface area (TPSA) is 45.7 Å². The molecule has 3 heteroatoms. The van der Waals surface area contributed by atoms with Gasteiger partial charge in [-0.25, -0.2) is 0 Å². The lowest BCUT2D eigenvalue weighted by molar-refractivity contribution is 0.313. The molecule has 1 fully saturated rings. The summed E-state index contributed by atoms with van der Waals surface area (Å²) in [7, 11) is 0. The first-order valence-electron chi connectivity index (χ1n) is 6.37. The fourth-order valence-electron chi connectivity index (χ4n) is 3.10. The maximum atomic E-state index is 9.22. The second-order valence-electron chi connectivity index (χ2n) is 6.33. The quantitative estimate of drug-likeness (QED) is 0.549. The summed E-state index contributed by atoms with van der Waals surface area (Å²) in [4.78, 5) is 0. The second-order valence-corrected chi connectivity index (χ2v) is 6.33. The Morgan fingerprint density at radius 3 is 2.65 bits per heavy atom. The van der Waals surface area contributed by atoms with Crippen molar-refractivity contribution in [1.29, 1.82) is 0 Å². The van der Waals surface area contributed by atoms with E-state index >= 15 is 0 Å². The van der Waals surface area contributed by atoms with Gasteiger partial charge in [-0.15, -0.1) is 0 Å². The van der Waals surface area contributed by atoms with E-state index in [1.54, 1.807) is 0 Å².